The van der Waals surface area contributed by atoms with Crippen LogP contribution in [0.2, 0.25) is 0 Å². The Bertz CT molecular complexity index is 1420. The van der Waals surface area contributed by atoms with Crippen molar-refractivity contribution < 1.29 is 28.8 Å². The maximum atomic E-state index is 14.2. The minimum atomic E-state index is -1.45. The lowest BCUT2D eigenvalue weighted by molar-refractivity contribution is -0.129. The first-order chi connectivity index (χ1) is 20.5. The summed E-state index contributed by atoms with van der Waals surface area (Å²) in [6.45, 7) is 1.31. The van der Waals surface area contributed by atoms with Gasteiger partial charge in [-0.05, 0) is 59.5 Å². The third-order valence-corrected chi connectivity index (χ3v) is 6.84. The van der Waals surface area contributed by atoms with Gasteiger partial charge in [-0.2, -0.15) is 0 Å². The van der Waals surface area contributed by atoms with Crippen molar-refractivity contribution in [1.29, 1.82) is 0 Å². The number of rotatable bonds is 15. The van der Waals surface area contributed by atoms with Crippen LogP contribution in [0.15, 0.2) is 82.9 Å². The summed E-state index contributed by atoms with van der Waals surface area (Å²) in [5, 5.41) is 15.9. The standard InChI is InChI=1S/C31H35N5O6/c1-39-18-6-16-33-30(38)31(21-24-8-3-4-11-27(24)35-36-32)28(23-9-5-10-26(20-23)40-2)42-29(34-31)22-12-14-25(15-13-22)41-19-7-17-37/h3-5,8-15,20,28,37H,6-7,16-19,21H2,1-2H3,(H,33,38)/t28-,31-/m1/s1. The first kappa shape index (κ1) is 30.4. The second-order valence-corrected chi connectivity index (χ2v) is 9.66. The zero-order valence-electron chi connectivity index (χ0n) is 23.7. The number of carbonyl (C=O) groups is 1. The number of aliphatic hydroxyl groups is 1. The van der Waals surface area contributed by atoms with E-state index in [2.05, 4.69) is 15.3 Å². The van der Waals surface area contributed by atoms with Crippen molar-refractivity contribution in [3.05, 3.63) is 99.9 Å². The van der Waals surface area contributed by atoms with Crippen LogP contribution < -0.4 is 14.8 Å². The molecule has 2 atom stereocenters. The molecule has 3 aromatic carbocycles. The number of nitrogens with one attached hydrogen (secondary N) is 1. The number of amides is 1. The number of aliphatic imine (C=N–C) groups is 1. The van der Waals surface area contributed by atoms with Gasteiger partial charge in [0.25, 0.3) is 5.91 Å². The minimum absolute atomic E-state index is 0.0484. The summed E-state index contributed by atoms with van der Waals surface area (Å²) in [6.07, 6.45) is 0.419. The van der Waals surface area contributed by atoms with E-state index >= 15 is 0 Å². The molecule has 1 aliphatic rings. The summed E-state index contributed by atoms with van der Waals surface area (Å²) in [5.41, 5.74) is 10.2. The molecule has 1 heterocycles. The van der Waals surface area contributed by atoms with Gasteiger partial charge in [0, 0.05) is 55.9 Å². The normalized spacial score (nSPS) is 17.5. The largest absolute Gasteiger partial charge is 0.497 e. The molecule has 0 fully saturated rings. The molecule has 0 saturated heterocycles. The summed E-state index contributed by atoms with van der Waals surface area (Å²) < 4.78 is 22.8. The van der Waals surface area contributed by atoms with Crippen molar-refractivity contribution >= 4 is 17.5 Å². The summed E-state index contributed by atoms with van der Waals surface area (Å²) in [7, 11) is 3.19. The van der Waals surface area contributed by atoms with Gasteiger partial charge in [0.15, 0.2) is 11.6 Å². The summed E-state index contributed by atoms with van der Waals surface area (Å²) >= 11 is 0. The molecule has 0 aliphatic carbocycles. The van der Waals surface area contributed by atoms with Crippen LogP contribution in [0.5, 0.6) is 11.5 Å². The van der Waals surface area contributed by atoms with Gasteiger partial charge in [-0.25, -0.2) is 4.99 Å². The fraction of sp³-hybridized carbons (Fsp3) is 0.355. The Morgan fingerprint density at radius 2 is 1.88 bits per heavy atom. The molecule has 1 aliphatic heterocycles. The average molecular weight is 574 g/mol. The Morgan fingerprint density at radius 1 is 1.07 bits per heavy atom. The van der Waals surface area contributed by atoms with Gasteiger partial charge in [-0.15, -0.1) is 0 Å². The van der Waals surface area contributed by atoms with Crippen LogP contribution in [0.1, 0.15) is 35.6 Å². The number of nitrogens with zero attached hydrogens (tertiary/aromatic N) is 4. The molecule has 0 radical (unpaired) electrons. The van der Waals surface area contributed by atoms with E-state index < -0.39 is 11.6 Å². The third kappa shape index (κ3) is 7.19. The number of aliphatic hydroxyl groups excluding tert-OH is 1. The molecule has 11 nitrogen and oxygen atoms in total. The van der Waals surface area contributed by atoms with E-state index in [-0.39, 0.29) is 24.8 Å². The van der Waals surface area contributed by atoms with Gasteiger partial charge in [0.2, 0.25) is 5.90 Å². The molecular formula is C31H35N5O6. The monoisotopic (exact) mass is 573 g/mol. The molecule has 1 amide bonds. The second kappa shape index (κ2) is 14.9. The van der Waals surface area contributed by atoms with Gasteiger partial charge in [0.1, 0.15) is 11.5 Å². The lowest BCUT2D eigenvalue weighted by atomic mass is 9.81. The van der Waals surface area contributed by atoms with E-state index in [0.29, 0.717) is 66.5 Å². The number of ether oxygens (including phenoxy) is 4. The molecule has 11 heteroatoms. The van der Waals surface area contributed by atoms with Gasteiger partial charge < -0.3 is 29.4 Å². The Labute approximate surface area is 244 Å². The molecule has 0 unspecified atom stereocenters. The first-order valence-corrected chi connectivity index (χ1v) is 13.7. The predicted octanol–water partition coefficient (Wildman–Crippen LogP) is 5.05. The van der Waals surface area contributed by atoms with Crippen LogP contribution in [-0.2, 0) is 20.7 Å². The lowest BCUT2D eigenvalue weighted by Gasteiger charge is -2.31. The summed E-state index contributed by atoms with van der Waals surface area (Å²) in [6, 6.07) is 21.7. The maximum absolute atomic E-state index is 14.2. The highest BCUT2D eigenvalue weighted by atomic mass is 16.5. The Morgan fingerprint density at radius 3 is 2.62 bits per heavy atom. The van der Waals surface area contributed by atoms with E-state index in [1.807, 2.05) is 48.5 Å². The van der Waals surface area contributed by atoms with E-state index in [4.69, 9.17) is 29.0 Å². The van der Waals surface area contributed by atoms with Crippen LogP contribution in [0.25, 0.3) is 10.4 Å². The number of azide groups is 1. The number of methoxy groups -OCH3 is 2. The summed E-state index contributed by atoms with van der Waals surface area (Å²) in [4.78, 5) is 22.2. The average Bonchev–Trinajstić information content (AvgIpc) is 3.41. The molecule has 0 spiro atoms. The molecule has 220 valence electrons. The maximum Gasteiger partial charge on any atom is 0.252 e. The quantitative estimate of drug-likeness (QED) is 0.113. The van der Waals surface area contributed by atoms with Crippen LogP contribution in [-0.4, -0.2) is 63.0 Å². The third-order valence-electron chi connectivity index (χ3n) is 6.84. The van der Waals surface area contributed by atoms with E-state index in [9.17, 15) is 10.3 Å². The van der Waals surface area contributed by atoms with Gasteiger partial charge in [-0.1, -0.05) is 41.5 Å². The minimum Gasteiger partial charge on any atom is -0.497 e. The number of benzene rings is 3. The molecule has 3 aromatic rings. The lowest BCUT2D eigenvalue weighted by Crippen LogP contribution is -2.50. The zero-order valence-corrected chi connectivity index (χ0v) is 23.7. The van der Waals surface area contributed by atoms with Crippen LogP contribution in [0.4, 0.5) is 5.69 Å². The summed E-state index contributed by atoms with van der Waals surface area (Å²) in [5.74, 6) is 1.21. The molecule has 4 rings (SSSR count). The number of carbonyl (C=O) groups excluding carboxylic acids is 1. The molecule has 0 saturated carbocycles. The van der Waals surface area contributed by atoms with E-state index in [0.717, 1.165) is 0 Å². The Hall–Kier alpha value is -4.57. The Kier molecular flexibility index (Phi) is 10.8. The highest BCUT2D eigenvalue weighted by molar-refractivity contribution is 6.01. The van der Waals surface area contributed by atoms with E-state index in [1.165, 1.54) is 0 Å². The van der Waals surface area contributed by atoms with Crippen LogP contribution in [0.3, 0.4) is 0 Å². The van der Waals surface area contributed by atoms with Crippen molar-refractivity contribution in [2.75, 3.05) is 40.6 Å². The van der Waals surface area contributed by atoms with Crippen molar-refractivity contribution in [3.8, 4) is 11.5 Å². The van der Waals surface area contributed by atoms with Crippen molar-refractivity contribution in [3.63, 3.8) is 0 Å². The fourth-order valence-corrected chi connectivity index (χ4v) is 4.75. The molecular weight excluding hydrogens is 538 g/mol. The highest BCUT2D eigenvalue weighted by Gasteiger charge is 2.53. The highest BCUT2D eigenvalue weighted by Crippen LogP contribution is 2.44. The van der Waals surface area contributed by atoms with Crippen molar-refractivity contribution in [2.24, 2.45) is 10.1 Å². The fourth-order valence-electron chi connectivity index (χ4n) is 4.75. The van der Waals surface area contributed by atoms with Crippen molar-refractivity contribution in [1.82, 2.24) is 5.32 Å². The van der Waals surface area contributed by atoms with Gasteiger partial charge in [-0.3, -0.25) is 4.79 Å². The molecule has 42 heavy (non-hydrogen) atoms. The second-order valence-electron chi connectivity index (χ2n) is 9.66. The smallest absolute Gasteiger partial charge is 0.252 e. The topological polar surface area (TPSA) is 147 Å². The number of hydrogen-bond acceptors (Lipinski definition) is 8. The Balaban J connectivity index is 1.81. The molecule has 0 bridgehead atoms. The molecule has 2 N–H and O–H groups in total. The predicted molar refractivity (Wildman–Crippen MR) is 158 cm³/mol. The van der Waals surface area contributed by atoms with Crippen LogP contribution in [0, 0.1) is 0 Å². The van der Waals surface area contributed by atoms with E-state index in [1.54, 1.807) is 38.5 Å². The van der Waals surface area contributed by atoms with Crippen LogP contribution >= 0.6 is 0 Å². The zero-order chi connectivity index (χ0) is 29.8. The molecule has 0 aromatic heterocycles. The van der Waals surface area contributed by atoms with Gasteiger partial charge in [0.05, 0.1) is 13.7 Å². The van der Waals surface area contributed by atoms with Gasteiger partial charge >= 0.3 is 0 Å². The SMILES string of the molecule is COCCCNC(=O)[C@]1(Cc2ccccc2N=[N+]=[N-])N=C(c2ccc(OCCCO)cc2)O[C@@H]1c1cccc(OC)c1. The number of hydrogen-bond donors (Lipinski definition) is 2. The van der Waals surface area contributed by atoms with Crippen molar-refractivity contribution in [2.45, 2.75) is 30.9 Å². The first-order valence-electron chi connectivity index (χ1n) is 13.7.